The normalized spacial score (nSPS) is 20.5. The molecule has 9 nitrogen and oxygen atoms in total. The third-order valence-corrected chi connectivity index (χ3v) is 7.04. The summed E-state index contributed by atoms with van der Waals surface area (Å²) in [6.07, 6.45) is -7.76. The number of alkyl halides is 6. The summed E-state index contributed by atoms with van der Waals surface area (Å²) < 4.78 is 112. The molecule has 4 heterocycles. The van der Waals surface area contributed by atoms with Crippen LogP contribution in [0.15, 0.2) is 34.8 Å². The molecular weight excluding hydrogens is 603 g/mol. The van der Waals surface area contributed by atoms with Gasteiger partial charge in [0.1, 0.15) is 22.8 Å². The molecule has 6 bridgehead atoms. The molecule has 0 spiro atoms. The van der Waals surface area contributed by atoms with Crippen molar-refractivity contribution in [2.75, 3.05) is 16.8 Å². The minimum absolute atomic E-state index is 0.0711. The number of nitrogens with zero attached hydrogens (tertiary/aromatic N) is 4. The topological polar surface area (TPSA) is 114 Å². The summed E-state index contributed by atoms with van der Waals surface area (Å²) in [7, 11) is 0. The van der Waals surface area contributed by atoms with Crippen LogP contribution < -0.4 is 10.2 Å². The number of amides is 1. The lowest BCUT2D eigenvalue weighted by Crippen LogP contribution is -2.44. The van der Waals surface area contributed by atoms with Crippen LogP contribution in [0.1, 0.15) is 62.6 Å². The molecule has 2 aliphatic rings. The van der Waals surface area contributed by atoms with Gasteiger partial charge in [-0.1, -0.05) is 18.2 Å². The maximum Gasteiger partial charge on any atom is 0.430 e. The van der Waals surface area contributed by atoms with Gasteiger partial charge in [-0.3, -0.25) is 5.32 Å². The predicted molar refractivity (Wildman–Crippen MR) is 142 cm³/mol. The van der Waals surface area contributed by atoms with E-state index in [1.165, 1.54) is 43.9 Å². The van der Waals surface area contributed by atoms with E-state index in [0.29, 0.717) is 18.9 Å². The van der Waals surface area contributed by atoms with Gasteiger partial charge < -0.3 is 19.2 Å². The minimum Gasteiger partial charge on any atom is -0.444 e. The standard InChI is InChI=1S/C28H26F7N5O4/c1-25(2,3)44-24(41)36-19-13-17(27(30,31)32)21-37-20(19)22-38-39-23(43-22)26(42,28(33,34)35)16-12-14(9-10-18(16)29)6-4-7-15-8-5-11-40(15)21/h4,6,9-10,12-13,15,42H,5,7-8,11H2,1-3H3,(H,36,41)/t15-,26-/m1/s1. The van der Waals surface area contributed by atoms with Gasteiger partial charge in [-0.05, 0) is 63.8 Å². The molecule has 1 saturated heterocycles. The Morgan fingerprint density at radius 1 is 1.14 bits per heavy atom. The number of carbonyl (C=O) groups excluding carboxylic acids is 1. The first-order chi connectivity index (χ1) is 20.4. The second-order valence-electron chi connectivity index (χ2n) is 11.4. The lowest BCUT2D eigenvalue weighted by Gasteiger charge is -2.29. The van der Waals surface area contributed by atoms with Crippen molar-refractivity contribution in [3.63, 3.8) is 0 Å². The molecule has 2 aromatic heterocycles. The number of nitrogens with one attached hydrogen (secondary N) is 1. The van der Waals surface area contributed by atoms with Crippen LogP contribution in [0, 0.1) is 5.82 Å². The van der Waals surface area contributed by atoms with E-state index >= 15 is 0 Å². The number of hydrogen-bond acceptors (Lipinski definition) is 8. The van der Waals surface area contributed by atoms with E-state index in [1.54, 1.807) is 0 Å². The van der Waals surface area contributed by atoms with E-state index in [-0.39, 0.29) is 18.5 Å². The summed E-state index contributed by atoms with van der Waals surface area (Å²) in [5, 5.41) is 20.0. The number of aromatic nitrogens is 3. The number of rotatable bonds is 1. The molecule has 5 rings (SSSR count). The molecule has 1 amide bonds. The number of fused-ring (bicyclic) bond motifs is 9. The van der Waals surface area contributed by atoms with Crippen molar-refractivity contribution < 1.29 is 49.8 Å². The average Bonchev–Trinajstić information content (AvgIpc) is 3.56. The van der Waals surface area contributed by atoms with Crippen molar-refractivity contribution in [3.05, 3.63) is 58.7 Å². The van der Waals surface area contributed by atoms with Crippen LogP contribution >= 0.6 is 0 Å². The van der Waals surface area contributed by atoms with Crippen molar-refractivity contribution >= 4 is 23.7 Å². The zero-order chi connectivity index (χ0) is 32.2. The van der Waals surface area contributed by atoms with Crippen LogP contribution in [-0.4, -0.2) is 50.7 Å². The van der Waals surface area contributed by atoms with E-state index in [2.05, 4.69) is 20.5 Å². The number of pyridine rings is 1. The third-order valence-electron chi connectivity index (χ3n) is 7.04. The number of halogens is 7. The van der Waals surface area contributed by atoms with Gasteiger partial charge in [0.05, 0.1) is 5.69 Å². The molecule has 3 aromatic rings. The van der Waals surface area contributed by atoms with E-state index in [0.717, 1.165) is 12.1 Å². The van der Waals surface area contributed by atoms with Crippen LogP contribution in [0.5, 0.6) is 0 Å². The first-order valence-electron chi connectivity index (χ1n) is 13.4. The van der Waals surface area contributed by atoms with Crippen molar-refractivity contribution in [3.8, 4) is 11.6 Å². The van der Waals surface area contributed by atoms with E-state index in [9.17, 15) is 40.6 Å². The molecule has 0 saturated carbocycles. The molecule has 236 valence electrons. The fourth-order valence-electron chi connectivity index (χ4n) is 5.10. The average molecular weight is 630 g/mol. The van der Waals surface area contributed by atoms with Gasteiger partial charge in [-0.15, -0.1) is 10.2 Å². The molecule has 0 unspecified atom stereocenters. The van der Waals surface area contributed by atoms with E-state index < -0.39 is 81.6 Å². The molecule has 1 aromatic carbocycles. The quantitative estimate of drug-likeness (QED) is 0.282. The highest BCUT2D eigenvalue weighted by atomic mass is 19.4. The van der Waals surface area contributed by atoms with Gasteiger partial charge >= 0.3 is 18.4 Å². The monoisotopic (exact) mass is 629 g/mol. The Morgan fingerprint density at radius 3 is 2.52 bits per heavy atom. The zero-order valence-electron chi connectivity index (χ0n) is 23.5. The Balaban J connectivity index is 1.80. The molecular formula is C28H26F7N5O4. The zero-order valence-corrected chi connectivity index (χ0v) is 23.5. The first-order valence-corrected chi connectivity index (χ1v) is 13.4. The second-order valence-corrected chi connectivity index (χ2v) is 11.4. The lowest BCUT2D eigenvalue weighted by molar-refractivity contribution is -0.256. The summed E-state index contributed by atoms with van der Waals surface area (Å²) in [5.74, 6) is -4.43. The van der Waals surface area contributed by atoms with Crippen molar-refractivity contribution in [2.24, 2.45) is 0 Å². The number of aliphatic hydroxyl groups is 1. The summed E-state index contributed by atoms with van der Waals surface area (Å²) in [5.41, 5.74) is -8.96. The molecule has 2 atom stereocenters. The molecule has 0 radical (unpaired) electrons. The maximum atomic E-state index is 14.9. The molecule has 16 heteroatoms. The Labute approximate surface area is 245 Å². The number of hydrogen-bond donors (Lipinski definition) is 2. The number of anilines is 2. The van der Waals surface area contributed by atoms with Crippen LogP contribution in [0.2, 0.25) is 0 Å². The molecule has 44 heavy (non-hydrogen) atoms. The summed E-state index contributed by atoms with van der Waals surface area (Å²) in [6, 6.07) is 2.72. The van der Waals surface area contributed by atoms with Crippen LogP contribution in [0.4, 0.5) is 47.0 Å². The smallest absolute Gasteiger partial charge is 0.430 e. The largest absolute Gasteiger partial charge is 0.444 e. The summed E-state index contributed by atoms with van der Waals surface area (Å²) in [4.78, 5) is 18.1. The maximum absolute atomic E-state index is 14.9. The number of benzene rings is 1. The van der Waals surface area contributed by atoms with Gasteiger partial charge in [0.15, 0.2) is 5.69 Å². The van der Waals surface area contributed by atoms with Crippen molar-refractivity contribution in [1.29, 1.82) is 0 Å². The fraction of sp³-hybridized carbons (Fsp3) is 0.429. The molecule has 1 fully saturated rings. The van der Waals surface area contributed by atoms with Gasteiger partial charge in [0.2, 0.25) is 0 Å². The van der Waals surface area contributed by atoms with E-state index in [1.807, 2.05) is 0 Å². The number of carbonyl (C=O) groups is 1. The minimum atomic E-state index is -5.60. The SMILES string of the molecule is CC(C)(C)OC(=O)Nc1cc(C(F)(F)F)c2nc1-c1nnc(o1)[C@@](O)(C(F)(F)F)c1cc(ccc1F)C=CC[C@@H]1CCCN21. The lowest BCUT2D eigenvalue weighted by atomic mass is 9.90. The highest BCUT2D eigenvalue weighted by molar-refractivity contribution is 5.90. The third kappa shape index (κ3) is 5.81. The highest BCUT2D eigenvalue weighted by Gasteiger charge is 2.61. The van der Waals surface area contributed by atoms with Crippen LogP contribution in [-0.2, 0) is 16.5 Å². The van der Waals surface area contributed by atoms with Gasteiger partial charge in [-0.25, -0.2) is 14.2 Å². The Bertz CT molecular complexity index is 1610. The van der Waals surface area contributed by atoms with Gasteiger partial charge in [0.25, 0.3) is 17.4 Å². The molecule has 2 N–H and O–H groups in total. The Hall–Kier alpha value is -4.21. The summed E-state index contributed by atoms with van der Waals surface area (Å²) in [6.45, 7) is 4.67. The number of ether oxygens (including phenoxy) is 1. The fourth-order valence-corrected chi connectivity index (χ4v) is 5.10. The summed E-state index contributed by atoms with van der Waals surface area (Å²) >= 11 is 0. The predicted octanol–water partition coefficient (Wildman–Crippen LogP) is 6.82. The Morgan fingerprint density at radius 2 is 1.86 bits per heavy atom. The van der Waals surface area contributed by atoms with Crippen LogP contribution in [0.3, 0.4) is 0 Å². The Kier molecular flexibility index (Phi) is 7.63. The van der Waals surface area contributed by atoms with Gasteiger partial charge in [0, 0.05) is 18.2 Å². The van der Waals surface area contributed by atoms with Crippen LogP contribution in [0.25, 0.3) is 17.7 Å². The molecule has 0 aliphatic carbocycles. The first kappa shape index (κ1) is 31.2. The van der Waals surface area contributed by atoms with Gasteiger partial charge in [-0.2, -0.15) is 26.3 Å². The van der Waals surface area contributed by atoms with E-state index in [4.69, 9.17) is 9.15 Å². The second kappa shape index (κ2) is 10.7. The van der Waals surface area contributed by atoms with Crippen molar-refractivity contribution in [2.45, 2.75) is 69.6 Å². The highest BCUT2D eigenvalue weighted by Crippen LogP contribution is 2.47. The van der Waals surface area contributed by atoms with Crippen molar-refractivity contribution in [1.82, 2.24) is 15.2 Å². The molecule has 2 aliphatic heterocycles.